The smallest absolute Gasteiger partial charge is 0.175 e. The standard InChI is InChI=1S/C16H16BrNO2/c1-11-3-2-4-13(7-11)18-10-12-8-14(17)16-15(9-12)19-5-6-20-16/h2-4,7-9,18H,5-6,10H2,1H3. The number of aryl methyl sites for hydroxylation is 1. The lowest BCUT2D eigenvalue weighted by molar-refractivity contribution is 0.170. The molecule has 20 heavy (non-hydrogen) atoms. The van der Waals surface area contributed by atoms with Crippen molar-refractivity contribution in [3.05, 3.63) is 52.0 Å². The average molecular weight is 334 g/mol. The number of anilines is 1. The Labute approximate surface area is 127 Å². The van der Waals surface area contributed by atoms with Crippen molar-refractivity contribution in [1.29, 1.82) is 0 Å². The highest BCUT2D eigenvalue weighted by Gasteiger charge is 2.16. The molecule has 0 unspecified atom stereocenters. The van der Waals surface area contributed by atoms with Crippen molar-refractivity contribution in [3.8, 4) is 11.5 Å². The van der Waals surface area contributed by atoms with Crippen LogP contribution in [0.5, 0.6) is 11.5 Å². The molecule has 0 radical (unpaired) electrons. The van der Waals surface area contributed by atoms with Gasteiger partial charge in [-0.3, -0.25) is 0 Å². The van der Waals surface area contributed by atoms with Crippen molar-refractivity contribution in [3.63, 3.8) is 0 Å². The summed E-state index contributed by atoms with van der Waals surface area (Å²) in [6.07, 6.45) is 0. The van der Waals surface area contributed by atoms with Crippen LogP contribution in [0.4, 0.5) is 5.69 Å². The van der Waals surface area contributed by atoms with Gasteiger partial charge in [0.2, 0.25) is 0 Å². The highest BCUT2D eigenvalue weighted by Crippen LogP contribution is 2.38. The van der Waals surface area contributed by atoms with Gasteiger partial charge in [-0.1, -0.05) is 12.1 Å². The first-order valence-corrected chi connectivity index (χ1v) is 7.40. The molecule has 3 nitrogen and oxygen atoms in total. The molecule has 1 aliphatic rings. The van der Waals surface area contributed by atoms with E-state index >= 15 is 0 Å². The Hall–Kier alpha value is -1.68. The van der Waals surface area contributed by atoms with Crippen LogP contribution in [0.25, 0.3) is 0 Å². The van der Waals surface area contributed by atoms with E-state index in [1.54, 1.807) is 0 Å². The summed E-state index contributed by atoms with van der Waals surface area (Å²) in [7, 11) is 0. The molecule has 1 aliphatic heterocycles. The van der Waals surface area contributed by atoms with Crippen LogP contribution in [0.2, 0.25) is 0 Å². The zero-order chi connectivity index (χ0) is 13.9. The van der Waals surface area contributed by atoms with E-state index < -0.39 is 0 Å². The van der Waals surface area contributed by atoms with Crippen molar-refractivity contribution in [1.82, 2.24) is 0 Å². The zero-order valence-corrected chi connectivity index (χ0v) is 12.9. The van der Waals surface area contributed by atoms with Crippen molar-refractivity contribution in [2.24, 2.45) is 0 Å². The molecule has 1 N–H and O–H groups in total. The number of hydrogen-bond donors (Lipinski definition) is 1. The van der Waals surface area contributed by atoms with Gasteiger partial charge in [0, 0.05) is 12.2 Å². The van der Waals surface area contributed by atoms with Gasteiger partial charge in [0.25, 0.3) is 0 Å². The normalized spacial score (nSPS) is 13.1. The van der Waals surface area contributed by atoms with Crippen molar-refractivity contribution >= 4 is 21.6 Å². The number of halogens is 1. The van der Waals surface area contributed by atoms with E-state index in [1.807, 2.05) is 6.07 Å². The maximum atomic E-state index is 5.63. The molecular weight excluding hydrogens is 318 g/mol. The summed E-state index contributed by atoms with van der Waals surface area (Å²) >= 11 is 3.54. The number of rotatable bonds is 3. The third-order valence-corrected chi connectivity index (χ3v) is 3.76. The zero-order valence-electron chi connectivity index (χ0n) is 11.3. The molecule has 2 aromatic carbocycles. The minimum absolute atomic E-state index is 0.604. The average Bonchev–Trinajstić information content (AvgIpc) is 2.45. The molecule has 0 saturated heterocycles. The van der Waals surface area contributed by atoms with E-state index in [2.05, 4.69) is 58.5 Å². The van der Waals surface area contributed by atoms with Crippen LogP contribution in [0.15, 0.2) is 40.9 Å². The number of fused-ring (bicyclic) bond motifs is 1. The van der Waals surface area contributed by atoms with Crippen LogP contribution < -0.4 is 14.8 Å². The summed E-state index contributed by atoms with van der Waals surface area (Å²) in [6, 6.07) is 12.4. The molecule has 4 heteroatoms. The molecule has 0 atom stereocenters. The van der Waals surface area contributed by atoms with E-state index in [1.165, 1.54) is 5.56 Å². The van der Waals surface area contributed by atoms with Gasteiger partial charge >= 0.3 is 0 Å². The highest BCUT2D eigenvalue weighted by molar-refractivity contribution is 9.10. The third kappa shape index (κ3) is 2.90. The Morgan fingerprint density at radius 1 is 1.15 bits per heavy atom. The second-order valence-corrected chi connectivity index (χ2v) is 5.68. The molecule has 0 bridgehead atoms. The fourth-order valence-electron chi connectivity index (χ4n) is 2.23. The fraction of sp³-hybridized carbons (Fsp3) is 0.250. The molecule has 2 aromatic rings. The van der Waals surface area contributed by atoms with Crippen molar-refractivity contribution in [2.45, 2.75) is 13.5 Å². The molecule has 0 amide bonds. The molecule has 0 spiro atoms. The number of nitrogens with one attached hydrogen (secondary N) is 1. The molecular formula is C16H16BrNO2. The Morgan fingerprint density at radius 2 is 2.00 bits per heavy atom. The van der Waals surface area contributed by atoms with Crippen LogP contribution in [0.3, 0.4) is 0 Å². The minimum atomic E-state index is 0.604. The lowest BCUT2D eigenvalue weighted by atomic mass is 10.1. The molecule has 3 rings (SSSR count). The van der Waals surface area contributed by atoms with Gasteiger partial charge in [-0.05, 0) is 58.2 Å². The molecule has 0 fully saturated rings. The number of hydrogen-bond acceptors (Lipinski definition) is 3. The molecule has 0 aliphatic carbocycles. The summed E-state index contributed by atoms with van der Waals surface area (Å²) in [5.41, 5.74) is 3.52. The molecule has 0 aromatic heterocycles. The van der Waals surface area contributed by atoms with Crippen LogP contribution >= 0.6 is 15.9 Å². The predicted octanol–water partition coefficient (Wildman–Crippen LogP) is 4.14. The summed E-state index contributed by atoms with van der Waals surface area (Å²) in [5.74, 6) is 1.61. The first-order chi connectivity index (χ1) is 9.72. The van der Waals surface area contributed by atoms with Gasteiger partial charge in [0.05, 0.1) is 4.47 Å². The number of benzene rings is 2. The maximum Gasteiger partial charge on any atom is 0.175 e. The fourth-order valence-corrected chi connectivity index (χ4v) is 2.83. The van der Waals surface area contributed by atoms with E-state index in [4.69, 9.17) is 9.47 Å². The van der Waals surface area contributed by atoms with Crippen LogP contribution in [-0.4, -0.2) is 13.2 Å². The van der Waals surface area contributed by atoms with E-state index in [0.717, 1.165) is 33.8 Å². The number of ether oxygens (including phenoxy) is 2. The van der Waals surface area contributed by atoms with Crippen molar-refractivity contribution in [2.75, 3.05) is 18.5 Å². The largest absolute Gasteiger partial charge is 0.486 e. The van der Waals surface area contributed by atoms with Crippen LogP contribution in [0, 0.1) is 6.92 Å². The van der Waals surface area contributed by atoms with E-state index in [9.17, 15) is 0 Å². The van der Waals surface area contributed by atoms with Gasteiger partial charge in [0.1, 0.15) is 13.2 Å². The summed E-state index contributed by atoms with van der Waals surface area (Å²) in [4.78, 5) is 0. The van der Waals surface area contributed by atoms with Gasteiger partial charge in [-0.25, -0.2) is 0 Å². The summed E-state index contributed by atoms with van der Waals surface area (Å²) in [6.45, 7) is 4.05. The van der Waals surface area contributed by atoms with E-state index in [-0.39, 0.29) is 0 Å². The van der Waals surface area contributed by atoms with Crippen molar-refractivity contribution < 1.29 is 9.47 Å². The predicted molar refractivity (Wildman–Crippen MR) is 83.6 cm³/mol. The second kappa shape index (κ2) is 5.75. The minimum Gasteiger partial charge on any atom is -0.486 e. The molecule has 104 valence electrons. The van der Waals surface area contributed by atoms with E-state index in [0.29, 0.717) is 13.2 Å². The van der Waals surface area contributed by atoms with Gasteiger partial charge in [-0.2, -0.15) is 0 Å². The molecule has 1 heterocycles. The Kier molecular flexibility index (Phi) is 3.83. The van der Waals surface area contributed by atoms with Crippen LogP contribution in [-0.2, 0) is 6.54 Å². The van der Waals surface area contributed by atoms with Crippen LogP contribution in [0.1, 0.15) is 11.1 Å². The van der Waals surface area contributed by atoms with Gasteiger partial charge in [0.15, 0.2) is 11.5 Å². The highest BCUT2D eigenvalue weighted by atomic mass is 79.9. The molecule has 0 saturated carbocycles. The second-order valence-electron chi connectivity index (χ2n) is 4.82. The quantitative estimate of drug-likeness (QED) is 0.915. The SMILES string of the molecule is Cc1cccc(NCc2cc(Br)c3c(c2)OCCO3)c1. The maximum absolute atomic E-state index is 5.63. The topological polar surface area (TPSA) is 30.5 Å². The van der Waals surface area contributed by atoms with Gasteiger partial charge in [-0.15, -0.1) is 0 Å². The Bertz CT molecular complexity index is 628. The van der Waals surface area contributed by atoms with Gasteiger partial charge < -0.3 is 14.8 Å². The lowest BCUT2D eigenvalue weighted by Gasteiger charge is -2.20. The monoisotopic (exact) mass is 333 g/mol. The Balaban J connectivity index is 1.76. The Morgan fingerprint density at radius 3 is 2.85 bits per heavy atom. The first kappa shape index (κ1) is 13.3. The summed E-state index contributed by atoms with van der Waals surface area (Å²) < 4.78 is 12.2. The lowest BCUT2D eigenvalue weighted by Crippen LogP contribution is -2.16. The first-order valence-electron chi connectivity index (χ1n) is 6.61. The third-order valence-electron chi connectivity index (χ3n) is 3.17. The summed E-state index contributed by atoms with van der Waals surface area (Å²) in [5, 5.41) is 3.42.